The van der Waals surface area contributed by atoms with Crippen molar-refractivity contribution in [1.29, 1.82) is 0 Å². The molecule has 0 saturated heterocycles. The van der Waals surface area contributed by atoms with Crippen LogP contribution in [0.15, 0.2) is 18.2 Å². The van der Waals surface area contributed by atoms with Crippen molar-refractivity contribution in [1.82, 2.24) is 0 Å². The normalized spacial score (nSPS) is 11.2. The SMILES string of the molecule is CCS(=O)(=O)CCNc1ccc(N)c(OC)c1. The number of hydrogen-bond acceptors (Lipinski definition) is 5. The third-order valence-corrected chi connectivity index (χ3v) is 4.12. The molecule has 0 fully saturated rings. The van der Waals surface area contributed by atoms with Gasteiger partial charge in [0.2, 0.25) is 0 Å². The molecule has 0 heterocycles. The molecule has 0 amide bonds. The molecule has 0 spiro atoms. The Bertz CT molecular complexity index is 472. The Morgan fingerprint density at radius 3 is 2.71 bits per heavy atom. The lowest BCUT2D eigenvalue weighted by molar-refractivity contribution is 0.417. The highest BCUT2D eigenvalue weighted by atomic mass is 32.2. The molecule has 1 aromatic rings. The maximum atomic E-state index is 11.3. The number of rotatable bonds is 6. The molecule has 17 heavy (non-hydrogen) atoms. The first-order chi connectivity index (χ1) is 7.98. The first-order valence-electron chi connectivity index (χ1n) is 5.36. The topological polar surface area (TPSA) is 81.4 Å². The van der Waals surface area contributed by atoms with Gasteiger partial charge in [-0.05, 0) is 12.1 Å². The minimum atomic E-state index is -2.93. The number of methoxy groups -OCH3 is 1. The Kier molecular flexibility index (Phi) is 4.62. The summed E-state index contributed by atoms with van der Waals surface area (Å²) in [6, 6.07) is 5.25. The molecule has 0 aliphatic rings. The van der Waals surface area contributed by atoms with Gasteiger partial charge in [0.25, 0.3) is 0 Å². The van der Waals surface area contributed by atoms with E-state index in [4.69, 9.17) is 10.5 Å². The van der Waals surface area contributed by atoms with Crippen molar-refractivity contribution in [2.45, 2.75) is 6.92 Å². The third-order valence-electron chi connectivity index (χ3n) is 2.42. The number of hydrogen-bond donors (Lipinski definition) is 2. The van der Waals surface area contributed by atoms with E-state index in [1.807, 2.05) is 0 Å². The highest BCUT2D eigenvalue weighted by molar-refractivity contribution is 7.91. The van der Waals surface area contributed by atoms with Gasteiger partial charge in [-0.25, -0.2) is 8.42 Å². The fourth-order valence-electron chi connectivity index (χ4n) is 1.32. The van der Waals surface area contributed by atoms with E-state index in [1.165, 1.54) is 7.11 Å². The molecule has 0 radical (unpaired) electrons. The zero-order chi connectivity index (χ0) is 12.9. The van der Waals surface area contributed by atoms with Gasteiger partial charge in [0.05, 0.1) is 18.6 Å². The smallest absolute Gasteiger partial charge is 0.151 e. The van der Waals surface area contributed by atoms with Crippen LogP contribution in [0.2, 0.25) is 0 Å². The molecule has 3 N–H and O–H groups in total. The van der Waals surface area contributed by atoms with E-state index in [2.05, 4.69) is 5.32 Å². The van der Waals surface area contributed by atoms with Crippen LogP contribution in [-0.2, 0) is 9.84 Å². The molecular weight excluding hydrogens is 240 g/mol. The molecule has 0 unspecified atom stereocenters. The first kappa shape index (κ1) is 13.6. The number of nitrogen functional groups attached to an aromatic ring is 1. The maximum absolute atomic E-state index is 11.3. The molecule has 1 aromatic carbocycles. The number of nitrogens with one attached hydrogen (secondary N) is 1. The standard InChI is InChI=1S/C11H18N2O3S/c1-3-17(14,15)7-6-13-9-4-5-10(12)11(8-9)16-2/h4-5,8,13H,3,6-7,12H2,1-2H3. The number of sulfone groups is 1. The largest absolute Gasteiger partial charge is 0.495 e. The lowest BCUT2D eigenvalue weighted by Crippen LogP contribution is -2.17. The summed E-state index contributed by atoms with van der Waals surface area (Å²) in [4.78, 5) is 0. The predicted molar refractivity (Wildman–Crippen MR) is 70.2 cm³/mol. The molecule has 1 rings (SSSR count). The average molecular weight is 258 g/mol. The zero-order valence-corrected chi connectivity index (χ0v) is 10.9. The highest BCUT2D eigenvalue weighted by Gasteiger charge is 2.07. The minimum Gasteiger partial charge on any atom is -0.495 e. The van der Waals surface area contributed by atoms with Gasteiger partial charge in [0.1, 0.15) is 5.75 Å². The maximum Gasteiger partial charge on any atom is 0.151 e. The summed E-state index contributed by atoms with van der Waals surface area (Å²) in [6.07, 6.45) is 0. The fourth-order valence-corrected chi connectivity index (χ4v) is 2.02. The van der Waals surface area contributed by atoms with E-state index in [9.17, 15) is 8.42 Å². The van der Waals surface area contributed by atoms with Gasteiger partial charge in [-0.2, -0.15) is 0 Å². The molecule has 0 bridgehead atoms. The Morgan fingerprint density at radius 2 is 2.12 bits per heavy atom. The second-order valence-electron chi connectivity index (χ2n) is 3.62. The number of ether oxygens (including phenoxy) is 1. The van der Waals surface area contributed by atoms with E-state index in [1.54, 1.807) is 25.1 Å². The summed E-state index contributed by atoms with van der Waals surface area (Å²) in [6.45, 7) is 2.02. The van der Waals surface area contributed by atoms with Crippen molar-refractivity contribution in [3.8, 4) is 5.75 Å². The van der Waals surface area contributed by atoms with Gasteiger partial charge < -0.3 is 15.8 Å². The van der Waals surface area contributed by atoms with Crippen LogP contribution in [0, 0.1) is 0 Å². The van der Waals surface area contributed by atoms with E-state index < -0.39 is 9.84 Å². The highest BCUT2D eigenvalue weighted by Crippen LogP contribution is 2.24. The monoisotopic (exact) mass is 258 g/mol. The molecule has 0 saturated carbocycles. The Labute approximate surface area is 102 Å². The van der Waals surface area contributed by atoms with E-state index >= 15 is 0 Å². The van der Waals surface area contributed by atoms with Crippen molar-refractivity contribution in [3.63, 3.8) is 0 Å². The summed E-state index contributed by atoms with van der Waals surface area (Å²) in [5.74, 6) is 0.865. The van der Waals surface area contributed by atoms with Crippen molar-refractivity contribution in [2.24, 2.45) is 0 Å². The lowest BCUT2D eigenvalue weighted by atomic mass is 10.2. The van der Waals surface area contributed by atoms with Crippen molar-refractivity contribution < 1.29 is 13.2 Å². The van der Waals surface area contributed by atoms with Crippen LogP contribution >= 0.6 is 0 Å². The number of anilines is 2. The molecule has 0 aliphatic carbocycles. The molecule has 0 aliphatic heterocycles. The van der Waals surface area contributed by atoms with Gasteiger partial charge in [-0.3, -0.25) is 0 Å². The van der Waals surface area contributed by atoms with E-state index in [-0.39, 0.29) is 11.5 Å². The van der Waals surface area contributed by atoms with Crippen molar-refractivity contribution >= 4 is 21.2 Å². The second-order valence-corrected chi connectivity index (χ2v) is 6.09. The van der Waals surface area contributed by atoms with Gasteiger partial charge >= 0.3 is 0 Å². The fraction of sp³-hybridized carbons (Fsp3) is 0.455. The number of benzene rings is 1. The van der Waals surface area contributed by atoms with Crippen LogP contribution in [0.5, 0.6) is 5.75 Å². The molecule has 0 aromatic heterocycles. The summed E-state index contributed by atoms with van der Waals surface area (Å²) < 4.78 is 27.6. The van der Waals surface area contributed by atoms with Crippen LogP contribution in [0.4, 0.5) is 11.4 Å². The summed E-state index contributed by atoms with van der Waals surface area (Å²) in [7, 11) is -1.39. The van der Waals surface area contributed by atoms with Crippen LogP contribution in [-0.4, -0.2) is 33.6 Å². The predicted octanol–water partition coefficient (Wildman–Crippen LogP) is 1.12. The first-order valence-corrected chi connectivity index (χ1v) is 7.18. The lowest BCUT2D eigenvalue weighted by Gasteiger charge is -2.09. The van der Waals surface area contributed by atoms with Gasteiger partial charge in [-0.1, -0.05) is 6.92 Å². The summed E-state index contributed by atoms with van der Waals surface area (Å²) in [5, 5.41) is 3.02. The molecule has 6 heteroatoms. The molecule has 96 valence electrons. The Morgan fingerprint density at radius 1 is 1.41 bits per heavy atom. The van der Waals surface area contributed by atoms with Crippen LogP contribution in [0.3, 0.4) is 0 Å². The average Bonchev–Trinajstić information content (AvgIpc) is 2.31. The molecule has 0 atom stereocenters. The van der Waals surface area contributed by atoms with Gasteiger partial charge in [0.15, 0.2) is 9.84 Å². The van der Waals surface area contributed by atoms with Crippen LogP contribution in [0.25, 0.3) is 0 Å². The van der Waals surface area contributed by atoms with E-state index in [0.717, 1.165) is 5.69 Å². The Hall–Kier alpha value is -1.43. The second kappa shape index (κ2) is 5.77. The Balaban J connectivity index is 2.58. The van der Waals surface area contributed by atoms with Crippen LogP contribution in [0.1, 0.15) is 6.92 Å². The third kappa shape index (κ3) is 4.14. The molecular formula is C11H18N2O3S. The van der Waals surface area contributed by atoms with Crippen molar-refractivity contribution in [3.05, 3.63) is 18.2 Å². The quantitative estimate of drug-likeness (QED) is 0.747. The zero-order valence-electron chi connectivity index (χ0n) is 10.1. The minimum absolute atomic E-state index is 0.121. The van der Waals surface area contributed by atoms with Gasteiger partial charge in [-0.15, -0.1) is 0 Å². The van der Waals surface area contributed by atoms with Crippen LogP contribution < -0.4 is 15.8 Å². The molecule has 5 nitrogen and oxygen atoms in total. The van der Waals surface area contributed by atoms with Gasteiger partial charge in [0, 0.05) is 24.1 Å². The summed E-state index contributed by atoms with van der Waals surface area (Å²) >= 11 is 0. The number of nitrogens with two attached hydrogens (primary N) is 1. The summed E-state index contributed by atoms with van der Waals surface area (Å²) in [5.41, 5.74) is 7.02. The van der Waals surface area contributed by atoms with E-state index in [0.29, 0.717) is 18.0 Å². The van der Waals surface area contributed by atoms with Crippen molar-refractivity contribution in [2.75, 3.05) is 36.2 Å².